The Morgan fingerprint density at radius 2 is 1.86 bits per heavy atom. The third-order valence-corrected chi connectivity index (χ3v) is 6.17. The monoisotopic (exact) mass is 484 g/mol. The predicted octanol–water partition coefficient (Wildman–Crippen LogP) is 3.27. The number of tetrazole rings is 1. The Kier molecular flexibility index (Phi) is 6.78. The number of pyridine rings is 1. The summed E-state index contributed by atoms with van der Waals surface area (Å²) in [5, 5.41) is 22.7. The molecule has 4 aromatic heterocycles. The number of unbranched alkanes of at least 4 members (excludes halogenated alkanes) is 1. The van der Waals surface area contributed by atoms with E-state index in [0.29, 0.717) is 18.3 Å². The van der Waals surface area contributed by atoms with Crippen molar-refractivity contribution >= 4 is 0 Å². The molecule has 11 nitrogen and oxygen atoms in total. The van der Waals surface area contributed by atoms with Crippen LogP contribution in [0, 0.1) is 0 Å². The maximum absolute atomic E-state index is 13.7. The zero-order chi connectivity index (χ0) is 24.9. The Morgan fingerprint density at radius 3 is 2.64 bits per heavy atom. The molecule has 5 aromatic rings. The van der Waals surface area contributed by atoms with Crippen molar-refractivity contribution in [2.24, 2.45) is 0 Å². The van der Waals surface area contributed by atoms with Gasteiger partial charge in [0.2, 0.25) is 5.95 Å². The molecule has 4 heterocycles. The second-order valence-electron chi connectivity index (χ2n) is 8.62. The molecule has 0 radical (unpaired) electrons. The number of nitrogens with zero attached hydrogens (tertiary/aromatic N) is 9. The smallest absolute Gasteiger partial charge is 0.299 e. The van der Waals surface area contributed by atoms with E-state index in [-0.39, 0.29) is 5.69 Å². The van der Waals surface area contributed by atoms with Gasteiger partial charge in [-0.2, -0.15) is 0 Å². The van der Waals surface area contributed by atoms with E-state index in [1.807, 2.05) is 51.9 Å². The van der Waals surface area contributed by atoms with E-state index < -0.39 is 0 Å². The van der Waals surface area contributed by atoms with Crippen LogP contribution >= 0.6 is 0 Å². The summed E-state index contributed by atoms with van der Waals surface area (Å²) < 4.78 is 5.34. The lowest BCUT2D eigenvalue weighted by Gasteiger charge is -2.14. The fraction of sp³-hybridized carbons (Fsp3) is 0.320. The molecule has 36 heavy (non-hydrogen) atoms. The largest absolute Gasteiger partial charge is 0.335 e. The van der Waals surface area contributed by atoms with Crippen LogP contribution in [0.4, 0.5) is 0 Å². The quantitative estimate of drug-likeness (QED) is 0.322. The summed E-state index contributed by atoms with van der Waals surface area (Å²) in [6.07, 6.45) is 10.9. The molecule has 5 rings (SSSR count). The summed E-state index contributed by atoms with van der Waals surface area (Å²) in [6.45, 7) is 5.34. The summed E-state index contributed by atoms with van der Waals surface area (Å²) in [7, 11) is 0. The van der Waals surface area contributed by atoms with Gasteiger partial charge in [-0.3, -0.25) is 14.1 Å². The van der Waals surface area contributed by atoms with Gasteiger partial charge in [0.05, 0.1) is 6.54 Å². The molecular formula is C25H28N10O. The van der Waals surface area contributed by atoms with Crippen LogP contribution in [0.25, 0.3) is 28.5 Å². The Bertz CT molecular complexity index is 1500. The summed E-state index contributed by atoms with van der Waals surface area (Å²) in [6, 6.07) is 9.88. The van der Waals surface area contributed by atoms with E-state index in [0.717, 1.165) is 60.2 Å². The molecule has 184 valence electrons. The highest BCUT2D eigenvalue weighted by Crippen LogP contribution is 2.32. The molecule has 0 spiro atoms. The molecule has 0 aliphatic carbocycles. The number of aromatic nitrogens is 10. The van der Waals surface area contributed by atoms with Crippen molar-refractivity contribution in [1.29, 1.82) is 0 Å². The second kappa shape index (κ2) is 10.5. The number of benzene rings is 1. The third-order valence-electron chi connectivity index (χ3n) is 6.17. The highest BCUT2D eigenvalue weighted by molar-refractivity contribution is 5.81. The van der Waals surface area contributed by atoms with Crippen LogP contribution in [0.2, 0.25) is 0 Å². The first-order valence-electron chi connectivity index (χ1n) is 12.2. The van der Waals surface area contributed by atoms with Gasteiger partial charge in [-0.15, -0.1) is 15.3 Å². The van der Waals surface area contributed by atoms with Gasteiger partial charge in [0.25, 0.3) is 0 Å². The minimum atomic E-state index is -0.144. The van der Waals surface area contributed by atoms with Crippen LogP contribution in [0.15, 0.2) is 60.0 Å². The fourth-order valence-electron chi connectivity index (χ4n) is 4.41. The number of aryl methyl sites for hydroxylation is 2. The number of hydrogen-bond acceptors (Lipinski definition) is 7. The van der Waals surface area contributed by atoms with Crippen LogP contribution in [0.1, 0.15) is 44.4 Å². The average Bonchev–Trinajstić information content (AvgIpc) is 3.66. The Hall–Kier alpha value is -4.41. The zero-order valence-corrected chi connectivity index (χ0v) is 20.4. The third kappa shape index (κ3) is 4.47. The van der Waals surface area contributed by atoms with E-state index in [1.54, 1.807) is 17.1 Å². The minimum absolute atomic E-state index is 0.144. The standard InChI is InChI=1S/C25H28N10O/c1-3-5-8-19-16-35(24-30-27-17-33(24)13-4-2)25(36)34(19)15-18-14-26-12-11-20(18)21-9-6-7-10-22(21)23-28-31-32-29-23/h6-7,9-12,14,16-17H,3-5,8,13,15H2,1-2H3,(H,28,29,31,32). The summed E-state index contributed by atoms with van der Waals surface area (Å²) in [5.41, 5.74) is 4.53. The molecule has 0 aliphatic rings. The van der Waals surface area contributed by atoms with Gasteiger partial charge in [0.15, 0.2) is 5.82 Å². The van der Waals surface area contributed by atoms with E-state index in [2.05, 4.69) is 49.7 Å². The highest BCUT2D eigenvalue weighted by atomic mass is 16.2. The molecule has 0 fully saturated rings. The van der Waals surface area contributed by atoms with Crippen LogP contribution in [0.5, 0.6) is 0 Å². The molecular weight excluding hydrogens is 456 g/mol. The van der Waals surface area contributed by atoms with Crippen LogP contribution in [-0.4, -0.2) is 49.5 Å². The Labute approximate surface area is 207 Å². The lowest BCUT2D eigenvalue weighted by atomic mass is 9.96. The Morgan fingerprint density at radius 1 is 1.00 bits per heavy atom. The number of imidazole rings is 1. The molecule has 0 unspecified atom stereocenters. The average molecular weight is 485 g/mol. The van der Waals surface area contributed by atoms with Crippen molar-refractivity contribution in [2.75, 3.05) is 0 Å². The minimum Gasteiger partial charge on any atom is -0.299 e. The van der Waals surface area contributed by atoms with Crippen molar-refractivity contribution in [3.8, 4) is 28.5 Å². The van der Waals surface area contributed by atoms with Crippen LogP contribution in [0.3, 0.4) is 0 Å². The maximum atomic E-state index is 13.7. The molecule has 0 atom stereocenters. The van der Waals surface area contributed by atoms with Crippen molar-refractivity contribution in [2.45, 2.75) is 52.6 Å². The van der Waals surface area contributed by atoms with Gasteiger partial charge in [0, 0.05) is 36.4 Å². The molecule has 11 heteroatoms. The van der Waals surface area contributed by atoms with E-state index in [1.165, 1.54) is 0 Å². The van der Waals surface area contributed by atoms with Crippen molar-refractivity contribution in [1.82, 2.24) is 49.5 Å². The molecule has 0 saturated carbocycles. The van der Waals surface area contributed by atoms with Crippen molar-refractivity contribution in [3.05, 3.63) is 77.0 Å². The number of aromatic amines is 1. The maximum Gasteiger partial charge on any atom is 0.335 e. The number of H-pyrrole nitrogens is 1. The summed E-state index contributed by atoms with van der Waals surface area (Å²) >= 11 is 0. The normalized spacial score (nSPS) is 11.3. The van der Waals surface area contributed by atoms with Gasteiger partial charge < -0.3 is 0 Å². The summed E-state index contributed by atoms with van der Waals surface area (Å²) in [4.78, 5) is 18.1. The van der Waals surface area contributed by atoms with Gasteiger partial charge in [-0.05, 0) is 52.4 Å². The lowest BCUT2D eigenvalue weighted by molar-refractivity contribution is 0.637. The predicted molar refractivity (Wildman–Crippen MR) is 134 cm³/mol. The number of hydrogen-bond donors (Lipinski definition) is 1. The van der Waals surface area contributed by atoms with Crippen molar-refractivity contribution < 1.29 is 0 Å². The molecule has 0 bridgehead atoms. The van der Waals surface area contributed by atoms with Gasteiger partial charge >= 0.3 is 5.69 Å². The number of nitrogens with one attached hydrogen (secondary N) is 1. The molecule has 1 aromatic carbocycles. The van der Waals surface area contributed by atoms with Gasteiger partial charge in [0.1, 0.15) is 6.33 Å². The first-order chi connectivity index (χ1) is 17.7. The topological polar surface area (TPSA) is 125 Å². The highest BCUT2D eigenvalue weighted by Gasteiger charge is 2.19. The zero-order valence-electron chi connectivity index (χ0n) is 20.4. The van der Waals surface area contributed by atoms with E-state index in [9.17, 15) is 4.79 Å². The first-order valence-corrected chi connectivity index (χ1v) is 12.2. The first kappa shape index (κ1) is 23.3. The van der Waals surface area contributed by atoms with Crippen molar-refractivity contribution in [3.63, 3.8) is 0 Å². The second-order valence-corrected chi connectivity index (χ2v) is 8.62. The molecule has 0 aliphatic heterocycles. The van der Waals surface area contributed by atoms with Crippen LogP contribution in [-0.2, 0) is 19.5 Å². The Balaban J connectivity index is 1.60. The summed E-state index contributed by atoms with van der Waals surface area (Å²) in [5.74, 6) is 1.11. The SMILES string of the molecule is CCCCc1cn(-c2nncn2CCC)c(=O)n1Cc1cnccc1-c1ccccc1-c1nnn[nH]1. The molecule has 0 amide bonds. The molecule has 0 saturated heterocycles. The number of rotatable bonds is 10. The fourth-order valence-corrected chi connectivity index (χ4v) is 4.41. The molecule has 1 N–H and O–H groups in total. The van der Waals surface area contributed by atoms with E-state index >= 15 is 0 Å². The van der Waals surface area contributed by atoms with Gasteiger partial charge in [-0.25, -0.2) is 14.5 Å². The lowest BCUT2D eigenvalue weighted by Crippen LogP contribution is -2.26. The van der Waals surface area contributed by atoms with Gasteiger partial charge in [-0.1, -0.05) is 44.5 Å². The van der Waals surface area contributed by atoms with Crippen LogP contribution < -0.4 is 5.69 Å². The van der Waals surface area contributed by atoms with E-state index in [4.69, 9.17) is 0 Å².